The Kier molecular flexibility index (Phi) is 7.20. The molecule has 298 valence electrons. The van der Waals surface area contributed by atoms with E-state index in [0.29, 0.717) is 0 Å². The Morgan fingerprint density at radius 3 is 1.17 bits per heavy atom. The maximum absolute atomic E-state index is 2.48. The fourth-order valence-electron chi connectivity index (χ4n) is 11.9. The van der Waals surface area contributed by atoms with Crippen molar-refractivity contribution in [2.24, 2.45) is 0 Å². The summed E-state index contributed by atoms with van der Waals surface area (Å²) < 4.78 is 0. The van der Waals surface area contributed by atoms with E-state index in [4.69, 9.17) is 0 Å². The summed E-state index contributed by atoms with van der Waals surface area (Å²) in [6, 6.07) is 69.6. The van der Waals surface area contributed by atoms with Crippen LogP contribution in [0.5, 0.6) is 0 Å². The van der Waals surface area contributed by atoms with Crippen LogP contribution in [0.15, 0.2) is 182 Å². The predicted octanol–water partition coefficient (Wildman–Crippen LogP) is 18.1. The molecule has 0 amide bonds. The fourth-order valence-corrected chi connectivity index (χ4v) is 11.9. The van der Waals surface area contributed by atoms with E-state index in [0.717, 1.165) is 0 Å². The highest BCUT2D eigenvalue weighted by molar-refractivity contribution is 6.30. The first-order chi connectivity index (χ1) is 31.4. The molecule has 0 fully saturated rings. The standard InChI is InChI=1S/C64H42/c1-35-16-24-45-53(28-35)51(31-57-49-26-18-37(3)61-47-14-7-5-12-43(47)59(63(49)61)33-55(45)57)40-22-20-39(21-23-40)41-10-9-11-42(30-41)52-32-58-50-27-19-38(4)62-48-15-8-6-13-44(48)60(64(50)62)34-56(58)46-25-17-36(2)29-54(46)52/h5-34H,1-4H3. The van der Waals surface area contributed by atoms with Gasteiger partial charge < -0.3 is 0 Å². The van der Waals surface area contributed by atoms with Gasteiger partial charge in [0.05, 0.1) is 0 Å². The zero-order valence-electron chi connectivity index (χ0n) is 36.3. The lowest BCUT2D eigenvalue weighted by Crippen LogP contribution is -1.90. The molecule has 12 aromatic rings. The maximum Gasteiger partial charge on any atom is -0.00172 e. The van der Waals surface area contributed by atoms with Crippen LogP contribution < -0.4 is 0 Å². The lowest BCUT2D eigenvalue weighted by Gasteiger charge is -2.17. The second kappa shape index (κ2) is 12.9. The van der Waals surface area contributed by atoms with Crippen molar-refractivity contribution in [2.45, 2.75) is 27.7 Å². The molecular formula is C64H42. The first-order valence-corrected chi connectivity index (χ1v) is 22.7. The topological polar surface area (TPSA) is 0 Å². The quantitative estimate of drug-likeness (QED) is 0.156. The lowest BCUT2D eigenvalue weighted by molar-refractivity contribution is 1.50. The van der Waals surface area contributed by atoms with Gasteiger partial charge in [-0.3, -0.25) is 0 Å². The predicted molar refractivity (Wildman–Crippen MR) is 276 cm³/mol. The Morgan fingerprint density at radius 2 is 0.641 bits per heavy atom. The van der Waals surface area contributed by atoms with Gasteiger partial charge in [0.2, 0.25) is 0 Å². The Bertz CT molecular complexity index is 4080. The van der Waals surface area contributed by atoms with Crippen molar-refractivity contribution in [2.75, 3.05) is 0 Å². The van der Waals surface area contributed by atoms with Gasteiger partial charge in [0, 0.05) is 0 Å². The van der Waals surface area contributed by atoms with Crippen LogP contribution in [0.25, 0.3) is 143 Å². The average Bonchev–Trinajstić information content (AvgIpc) is 3.85. The van der Waals surface area contributed by atoms with Crippen molar-refractivity contribution < 1.29 is 0 Å². The number of rotatable bonds is 3. The molecule has 0 unspecified atom stereocenters. The summed E-state index contributed by atoms with van der Waals surface area (Å²) in [6.07, 6.45) is 0. The molecule has 0 saturated carbocycles. The van der Waals surface area contributed by atoms with Gasteiger partial charge in [-0.1, -0.05) is 163 Å². The number of aryl methyl sites for hydroxylation is 4. The molecule has 0 heterocycles. The number of hydrogen-bond acceptors (Lipinski definition) is 0. The van der Waals surface area contributed by atoms with E-state index < -0.39 is 0 Å². The van der Waals surface area contributed by atoms with E-state index in [1.165, 1.54) is 165 Å². The minimum Gasteiger partial charge on any atom is -0.0616 e. The molecule has 12 aromatic carbocycles. The minimum atomic E-state index is 1.21. The molecule has 2 aliphatic rings. The summed E-state index contributed by atoms with van der Waals surface area (Å²) in [7, 11) is 0. The van der Waals surface area contributed by atoms with E-state index in [1.54, 1.807) is 0 Å². The Balaban J connectivity index is 0.922. The third-order valence-electron chi connectivity index (χ3n) is 14.9. The molecule has 0 radical (unpaired) electrons. The highest BCUT2D eigenvalue weighted by atomic mass is 14.3. The van der Waals surface area contributed by atoms with E-state index in [2.05, 4.69) is 210 Å². The zero-order chi connectivity index (χ0) is 42.5. The smallest absolute Gasteiger partial charge is 0.00172 e. The van der Waals surface area contributed by atoms with Crippen molar-refractivity contribution in [3.63, 3.8) is 0 Å². The third-order valence-corrected chi connectivity index (χ3v) is 14.9. The van der Waals surface area contributed by atoms with Gasteiger partial charge >= 0.3 is 0 Å². The molecule has 0 saturated heterocycles. The largest absolute Gasteiger partial charge is 0.0616 e. The molecule has 0 bridgehead atoms. The Morgan fingerprint density at radius 1 is 0.219 bits per heavy atom. The summed E-state index contributed by atoms with van der Waals surface area (Å²) in [4.78, 5) is 0. The summed E-state index contributed by atoms with van der Waals surface area (Å²) in [6.45, 7) is 8.94. The van der Waals surface area contributed by atoms with Gasteiger partial charge in [-0.25, -0.2) is 0 Å². The van der Waals surface area contributed by atoms with Crippen LogP contribution >= 0.6 is 0 Å². The van der Waals surface area contributed by atoms with Crippen molar-refractivity contribution >= 4 is 64.6 Å². The lowest BCUT2D eigenvalue weighted by atomic mass is 9.87. The van der Waals surface area contributed by atoms with Gasteiger partial charge in [-0.05, 0) is 212 Å². The summed E-state index contributed by atoms with van der Waals surface area (Å²) >= 11 is 0. The van der Waals surface area contributed by atoms with Crippen LogP contribution in [-0.2, 0) is 0 Å². The SMILES string of the molecule is Cc1ccc2c(c1)c(-c1ccc(-c3cccc(-c4cc5c6ccc(C)c7c6c(cc5c5ccc(C)cc45)-c4ccccc4-7)c3)cc1)cc1c3ccc(C)c4c3c(cc21)-c1ccccc1-4. The van der Waals surface area contributed by atoms with Gasteiger partial charge in [-0.15, -0.1) is 0 Å². The fraction of sp³-hybridized carbons (Fsp3) is 0.0625. The highest BCUT2D eigenvalue weighted by Gasteiger charge is 2.27. The zero-order valence-corrected chi connectivity index (χ0v) is 36.3. The highest BCUT2D eigenvalue weighted by Crippen LogP contribution is 2.54. The van der Waals surface area contributed by atoms with E-state index in [9.17, 15) is 0 Å². The molecule has 0 nitrogen and oxygen atoms in total. The third kappa shape index (κ3) is 4.83. The molecule has 14 rings (SSSR count). The molecule has 0 aromatic heterocycles. The molecule has 64 heavy (non-hydrogen) atoms. The van der Waals surface area contributed by atoms with Gasteiger partial charge in [-0.2, -0.15) is 0 Å². The molecule has 0 spiro atoms. The van der Waals surface area contributed by atoms with Crippen LogP contribution in [0.4, 0.5) is 0 Å². The van der Waals surface area contributed by atoms with Crippen molar-refractivity contribution in [3.05, 3.63) is 204 Å². The Labute approximate surface area is 372 Å². The monoisotopic (exact) mass is 810 g/mol. The summed E-state index contributed by atoms with van der Waals surface area (Å²) in [5, 5.41) is 15.9. The Hall–Kier alpha value is -7.80. The molecular weight excluding hydrogens is 769 g/mol. The molecule has 0 N–H and O–H groups in total. The van der Waals surface area contributed by atoms with Crippen molar-refractivity contribution in [1.82, 2.24) is 0 Å². The first-order valence-electron chi connectivity index (χ1n) is 22.7. The molecule has 0 heteroatoms. The van der Waals surface area contributed by atoms with Gasteiger partial charge in [0.1, 0.15) is 0 Å². The maximum atomic E-state index is 2.48. The normalized spacial score (nSPS) is 12.4. The number of hydrogen-bond donors (Lipinski definition) is 0. The molecule has 2 aliphatic carbocycles. The van der Waals surface area contributed by atoms with Crippen LogP contribution in [0.3, 0.4) is 0 Å². The van der Waals surface area contributed by atoms with E-state index >= 15 is 0 Å². The second-order valence-electron chi connectivity index (χ2n) is 18.6. The number of benzene rings is 12. The minimum absolute atomic E-state index is 1.21. The van der Waals surface area contributed by atoms with E-state index in [1.807, 2.05) is 0 Å². The average molecular weight is 811 g/mol. The first kappa shape index (κ1) is 35.8. The van der Waals surface area contributed by atoms with E-state index in [-0.39, 0.29) is 0 Å². The van der Waals surface area contributed by atoms with Crippen molar-refractivity contribution in [3.8, 4) is 77.9 Å². The van der Waals surface area contributed by atoms with Gasteiger partial charge in [0.25, 0.3) is 0 Å². The van der Waals surface area contributed by atoms with Gasteiger partial charge in [0.15, 0.2) is 0 Å². The van der Waals surface area contributed by atoms with Crippen LogP contribution in [0.1, 0.15) is 22.3 Å². The molecule has 0 aliphatic heterocycles. The molecule has 0 atom stereocenters. The summed E-state index contributed by atoms with van der Waals surface area (Å²) in [5.74, 6) is 0. The van der Waals surface area contributed by atoms with Crippen LogP contribution in [0.2, 0.25) is 0 Å². The number of fused-ring (bicyclic) bond motifs is 14. The second-order valence-corrected chi connectivity index (χ2v) is 18.6. The van der Waals surface area contributed by atoms with Crippen LogP contribution in [-0.4, -0.2) is 0 Å². The van der Waals surface area contributed by atoms with Crippen molar-refractivity contribution in [1.29, 1.82) is 0 Å². The summed E-state index contributed by atoms with van der Waals surface area (Å²) in [5.41, 5.74) is 23.5. The van der Waals surface area contributed by atoms with Crippen LogP contribution in [0, 0.1) is 27.7 Å².